The summed E-state index contributed by atoms with van der Waals surface area (Å²) in [5.74, 6) is 1.39. The van der Waals surface area contributed by atoms with Crippen molar-refractivity contribution in [1.82, 2.24) is 8.75 Å². The Morgan fingerprint density at radius 2 is 2.38 bits per heavy atom. The van der Waals surface area contributed by atoms with Crippen LogP contribution in [0.1, 0.15) is 0 Å². The Balaban J connectivity index is 1.96. The molecule has 0 bridgehead atoms. The van der Waals surface area contributed by atoms with E-state index in [2.05, 4.69) is 8.75 Å². The maximum absolute atomic E-state index is 5.43. The lowest BCUT2D eigenvalue weighted by molar-refractivity contribution is 0.257. The van der Waals surface area contributed by atoms with E-state index in [-0.39, 0.29) is 6.10 Å². The van der Waals surface area contributed by atoms with Crippen molar-refractivity contribution in [3.63, 3.8) is 0 Å². The molecule has 2 heterocycles. The standard InChI is InChI=1S/C7H11N3O2S/c1-10(2)6-7(9-13-8-6)12-4-5-3-11-5/h5H,3-4H2,1-2H3/t5-/m0/s1. The molecule has 0 N–H and O–H groups in total. The Morgan fingerprint density at radius 3 is 3.00 bits per heavy atom. The molecule has 0 aliphatic carbocycles. The van der Waals surface area contributed by atoms with Crippen molar-refractivity contribution >= 4 is 17.5 Å². The van der Waals surface area contributed by atoms with Crippen LogP contribution in [0.2, 0.25) is 0 Å². The first kappa shape index (κ1) is 8.71. The molecule has 13 heavy (non-hydrogen) atoms. The highest BCUT2D eigenvalue weighted by Crippen LogP contribution is 2.24. The molecule has 1 atom stereocenters. The predicted molar refractivity (Wildman–Crippen MR) is 49.5 cm³/mol. The normalized spacial score (nSPS) is 20.0. The lowest BCUT2D eigenvalue weighted by Crippen LogP contribution is -2.12. The molecular formula is C7H11N3O2S. The Morgan fingerprint density at radius 1 is 1.62 bits per heavy atom. The monoisotopic (exact) mass is 201 g/mol. The first-order valence-corrected chi connectivity index (χ1v) is 4.74. The van der Waals surface area contributed by atoms with Gasteiger partial charge < -0.3 is 14.4 Å². The van der Waals surface area contributed by atoms with Crippen molar-refractivity contribution in [3.8, 4) is 5.88 Å². The van der Waals surface area contributed by atoms with E-state index in [0.29, 0.717) is 12.5 Å². The van der Waals surface area contributed by atoms with E-state index in [4.69, 9.17) is 9.47 Å². The van der Waals surface area contributed by atoms with Crippen LogP contribution in [0.25, 0.3) is 0 Å². The van der Waals surface area contributed by atoms with Gasteiger partial charge in [-0.3, -0.25) is 0 Å². The molecule has 1 fully saturated rings. The maximum atomic E-state index is 5.43. The quantitative estimate of drug-likeness (QED) is 0.659. The van der Waals surface area contributed by atoms with Gasteiger partial charge in [-0.2, -0.15) is 4.37 Å². The number of aromatic nitrogens is 2. The minimum atomic E-state index is 0.261. The van der Waals surface area contributed by atoms with Crippen LogP contribution in [0.4, 0.5) is 5.82 Å². The number of hydrogen-bond donors (Lipinski definition) is 0. The second-order valence-electron chi connectivity index (χ2n) is 3.05. The number of nitrogens with zero attached hydrogens (tertiary/aromatic N) is 3. The minimum absolute atomic E-state index is 0.261. The highest BCUT2D eigenvalue weighted by Gasteiger charge is 2.24. The van der Waals surface area contributed by atoms with Gasteiger partial charge in [-0.05, 0) is 0 Å². The van der Waals surface area contributed by atoms with E-state index < -0.39 is 0 Å². The van der Waals surface area contributed by atoms with Crippen molar-refractivity contribution in [2.24, 2.45) is 0 Å². The van der Waals surface area contributed by atoms with Gasteiger partial charge in [-0.25, -0.2) is 0 Å². The summed E-state index contributed by atoms with van der Waals surface area (Å²) >= 11 is 1.16. The van der Waals surface area contributed by atoms with E-state index in [9.17, 15) is 0 Å². The molecule has 1 aliphatic rings. The van der Waals surface area contributed by atoms with E-state index in [1.807, 2.05) is 19.0 Å². The molecule has 1 aliphatic heterocycles. The Kier molecular flexibility index (Phi) is 2.32. The number of ether oxygens (including phenoxy) is 2. The van der Waals surface area contributed by atoms with Gasteiger partial charge in [0.1, 0.15) is 12.7 Å². The molecule has 0 spiro atoms. The summed E-state index contributed by atoms with van der Waals surface area (Å²) in [7, 11) is 3.83. The average Bonchev–Trinajstić information content (AvgIpc) is 2.79. The largest absolute Gasteiger partial charge is 0.472 e. The van der Waals surface area contributed by atoms with Crippen molar-refractivity contribution in [3.05, 3.63) is 0 Å². The topological polar surface area (TPSA) is 50.8 Å². The summed E-state index contributed by atoms with van der Waals surface area (Å²) in [5.41, 5.74) is 0. The van der Waals surface area contributed by atoms with Crippen LogP contribution in [0, 0.1) is 0 Å². The van der Waals surface area contributed by atoms with Crippen molar-refractivity contribution < 1.29 is 9.47 Å². The second kappa shape index (κ2) is 3.47. The van der Waals surface area contributed by atoms with Crippen LogP contribution < -0.4 is 9.64 Å². The van der Waals surface area contributed by atoms with E-state index in [0.717, 1.165) is 24.2 Å². The van der Waals surface area contributed by atoms with Crippen LogP contribution in [-0.4, -0.2) is 42.2 Å². The van der Waals surface area contributed by atoms with Gasteiger partial charge in [0.2, 0.25) is 5.82 Å². The number of anilines is 1. The van der Waals surface area contributed by atoms with Gasteiger partial charge in [0, 0.05) is 14.1 Å². The lowest BCUT2D eigenvalue weighted by Gasteiger charge is -2.09. The van der Waals surface area contributed by atoms with E-state index in [1.54, 1.807) is 0 Å². The van der Waals surface area contributed by atoms with Crippen molar-refractivity contribution in [2.75, 3.05) is 32.2 Å². The summed E-state index contributed by atoms with van der Waals surface area (Å²) in [6.07, 6.45) is 0.261. The van der Waals surface area contributed by atoms with Crippen LogP contribution in [0.5, 0.6) is 5.88 Å². The summed E-state index contributed by atoms with van der Waals surface area (Å²) in [6, 6.07) is 0. The molecule has 5 nitrogen and oxygen atoms in total. The highest BCUT2D eigenvalue weighted by molar-refractivity contribution is 6.99. The Bertz CT molecular complexity index is 285. The summed E-state index contributed by atoms with van der Waals surface area (Å²) in [4.78, 5) is 1.88. The van der Waals surface area contributed by atoms with Crippen molar-refractivity contribution in [2.45, 2.75) is 6.10 Å². The SMILES string of the molecule is CN(C)c1nsnc1OC[C@@H]1CO1. The molecule has 0 radical (unpaired) electrons. The third-order valence-electron chi connectivity index (χ3n) is 1.67. The summed E-state index contributed by atoms with van der Waals surface area (Å²) in [6.45, 7) is 1.38. The van der Waals surface area contributed by atoms with Crippen LogP contribution in [0.15, 0.2) is 0 Å². The Labute approximate surface area is 80.6 Å². The third-order valence-corrected chi connectivity index (χ3v) is 2.18. The highest BCUT2D eigenvalue weighted by atomic mass is 32.1. The maximum Gasteiger partial charge on any atom is 0.270 e. The zero-order valence-corrected chi connectivity index (χ0v) is 8.37. The first-order chi connectivity index (χ1) is 6.27. The summed E-state index contributed by atoms with van der Waals surface area (Å²) in [5, 5.41) is 0. The molecule has 0 aromatic carbocycles. The fraction of sp³-hybridized carbons (Fsp3) is 0.714. The van der Waals surface area contributed by atoms with Gasteiger partial charge in [0.05, 0.1) is 18.3 Å². The van der Waals surface area contributed by atoms with Gasteiger partial charge in [-0.1, -0.05) is 0 Å². The lowest BCUT2D eigenvalue weighted by atomic mass is 10.5. The zero-order chi connectivity index (χ0) is 9.26. The van der Waals surface area contributed by atoms with Gasteiger partial charge in [0.25, 0.3) is 5.88 Å². The predicted octanol–water partition coefficient (Wildman–Crippen LogP) is 0.382. The smallest absolute Gasteiger partial charge is 0.270 e. The molecule has 0 unspecified atom stereocenters. The number of epoxide rings is 1. The fourth-order valence-electron chi connectivity index (χ4n) is 0.876. The molecule has 2 rings (SSSR count). The van der Waals surface area contributed by atoms with Gasteiger partial charge >= 0.3 is 0 Å². The van der Waals surface area contributed by atoms with Crippen LogP contribution >= 0.6 is 11.7 Å². The number of hydrogen-bond acceptors (Lipinski definition) is 6. The minimum Gasteiger partial charge on any atom is -0.472 e. The second-order valence-corrected chi connectivity index (χ2v) is 3.58. The van der Waals surface area contributed by atoms with E-state index in [1.165, 1.54) is 0 Å². The molecule has 0 amide bonds. The fourth-order valence-corrected chi connectivity index (χ4v) is 1.44. The van der Waals surface area contributed by atoms with Gasteiger partial charge in [-0.15, -0.1) is 4.37 Å². The summed E-state index contributed by atoms with van der Waals surface area (Å²) < 4.78 is 18.6. The number of rotatable bonds is 4. The molecule has 0 saturated carbocycles. The van der Waals surface area contributed by atoms with Gasteiger partial charge in [0.15, 0.2) is 0 Å². The molecule has 1 aromatic rings. The average molecular weight is 201 g/mol. The molecule has 72 valence electrons. The molecule has 6 heteroatoms. The van der Waals surface area contributed by atoms with Crippen molar-refractivity contribution in [1.29, 1.82) is 0 Å². The van der Waals surface area contributed by atoms with Crippen LogP contribution in [-0.2, 0) is 4.74 Å². The Hall–Kier alpha value is -0.880. The van der Waals surface area contributed by atoms with E-state index >= 15 is 0 Å². The zero-order valence-electron chi connectivity index (χ0n) is 7.56. The van der Waals surface area contributed by atoms with Crippen LogP contribution in [0.3, 0.4) is 0 Å². The first-order valence-electron chi connectivity index (χ1n) is 4.01. The molecule has 1 aromatic heterocycles. The third kappa shape index (κ3) is 2.07. The molecule has 1 saturated heterocycles. The molecular weight excluding hydrogens is 190 g/mol.